The molecule has 0 spiro atoms. The molecular formula is C43H30N3OSW-. The van der Waals surface area contributed by atoms with Crippen LogP contribution < -0.4 is 0 Å². The molecule has 0 saturated heterocycles. The molecule has 0 bridgehead atoms. The van der Waals surface area contributed by atoms with E-state index < -0.39 is 0 Å². The van der Waals surface area contributed by atoms with E-state index in [4.69, 9.17) is 0 Å². The Morgan fingerprint density at radius 3 is 2.02 bits per heavy atom. The van der Waals surface area contributed by atoms with Crippen LogP contribution in [0.2, 0.25) is 0 Å². The summed E-state index contributed by atoms with van der Waals surface area (Å²) >= 11 is 1.75. The number of hydrogen-bond acceptors (Lipinski definition) is 2. The number of H-pyrrole nitrogens is 1. The smallest absolute Gasteiger partial charge is 0.102 e. The summed E-state index contributed by atoms with van der Waals surface area (Å²) in [5, 5.41) is 22.1. The number of para-hydroxylation sites is 3. The van der Waals surface area contributed by atoms with Gasteiger partial charge in [0, 0.05) is 74.3 Å². The summed E-state index contributed by atoms with van der Waals surface area (Å²) < 4.78 is 4.75. The standard InChI is InChI=1S/C24H16N2.C19H14NOS.W/c1-2-8-16(9-3-1)26-21-13-7-5-11-18(21)24-22(26)15-14-20-23(24)17-10-4-6-12-19(17)25-20;1-20-18-15(21)11-14(12-7-3-2-4-8-12)19-17(18)13-9-5-6-10-16(13)22-19;/h1-15,25H;2-11,21H,1H3;/q;-1;. The molecule has 0 radical (unpaired) electrons. The first kappa shape index (κ1) is 30.9. The molecule has 0 atom stereocenters. The molecule has 0 saturated carbocycles. The van der Waals surface area contributed by atoms with Gasteiger partial charge in [-0.25, -0.2) is 0 Å². The molecule has 0 unspecified atom stereocenters. The normalized spacial score (nSPS) is 11.3. The molecule has 6 heteroatoms. The summed E-state index contributed by atoms with van der Waals surface area (Å²) in [5.74, 6) is 0.234. The largest absolute Gasteiger partial charge is 0.683 e. The SMILES string of the molecule is C[N-]c1c(O)cc(-c2ccccc2)c2sc3ccccc3c12.[W].c1ccc(-n2c3ccccc3c3c4c(ccc32)[nH]c2ccccc24)cc1. The van der Waals surface area contributed by atoms with Gasteiger partial charge in [0.05, 0.1) is 11.0 Å². The maximum absolute atomic E-state index is 10.4. The number of phenols is 1. The Labute approximate surface area is 301 Å². The average Bonchev–Trinajstić information content (AvgIpc) is 3.82. The Kier molecular flexibility index (Phi) is 7.95. The summed E-state index contributed by atoms with van der Waals surface area (Å²) in [6.07, 6.45) is 0. The van der Waals surface area contributed by atoms with Crippen LogP contribution in [0.15, 0.2) is 152 Å². The fraction of sp³-hybridized carbons (Fsp3) is 0.0233. The molecule has 0 aliphatic carbocycles. The zero-order valence-electron chi connectivity index (χ0n) is 26.6. The predicted molar refractivity (Wildman–Crippen MR) is 206 cm³/mol. The molecule has 49 heavy (non-hydrogen) atoms. The first-order valence-corrected chi connectivity index (χ1v) is 16.8. The number of rotatable bonds is 3. The van der Waals surface area contributed by atoms with Crippen LogP contribution in [-0.4, -0.2) is 21.7 Å². The van der Waals surface area contributed by atoms with Crippen molar-refractivity contribution in [1.82, 2.24) is 9.55 Å². The number of aromatic nitrogens is 2. The van der Waals surface area contributed by atoms with Crippen LogP contribution >= 0.6 is 11.3 Å². The summed E-state index contributed by atoms with van der Waals surface area (Å²) in [7, 11) is 1.73. The van der Waals surface area contributed by atoms with Gasteiger partial charge in [-0.1, -0.05) is 109 Å². The van der Waals surface area contributed by atoms with Crippen molar-refractivity contribution < 1.29 is 26.2 Å². The molecule has 4 nitrogen and oxygen atoms in total. The second-order valence-corrected chi connectivity index (χ2v) is 13.0. The third-order valence-electron chi connectivity index (χ3n) is 9.23. The molecule has 7 aromatic carbocycles. The van der Waals surface area contributed by atoms with Crippen molar-refractivity contribution in [1.29, 1.82) is 0 Å². The average molecular weight is 821 g/mol. The van der Waals surface area contributed by atoms with Crippen molar-refractivity contribution in [3.05, 3.63) is 157 Å². The van der Waals surface area contributed by atoms with Gasteiger partial charge in [-0.15, -0.1) is 18.4 Å². The minimum Gasteiger partial charge on any atom is -0.683 e. The van der Waals surface area contributed by atoms with Gasteiger partial charge in [-0.3, -0.25) is 0 Å². The number of phenolic OH excluding ortho intramolecular Hbond substituents is 1. The van der Waals surface area contributed by atoms with E-state index in [0.29, 0.717) is 5.69 Å². The quantitative estimate of drug-likeness (QED) is 0.183. The second kappa shape index (κ2) is 12.6. The third kappa shape index (κ3) is 5.01. The number of fused-ring (bicyclic) bond motifs is 10. The van der Waals surface area contributed by atoms with Crippen LogP contribution in [0, 0.1) is 0 Å². The number of hydrogen-bond donors (Lipinski definition) is 2. The Balaban J connectivity index is 0.000000141. The van der Waals surface area contributed by atoms with E-state index in [1.54, 1.807) is 18.4 Å². The minimum absolute atomic E-state index is 0. The topological polar surface area (TPSA) is 55.0 Å². The Bertz CT molecular complexity index is 2780. The summed E-state index contributed by atoms with van der Waals surface area (Å²) in [6, 6.07) is 52.6. The fourth-order valence-electron chi connectivity index (χ4n) is 7.18. The number of thiophene rings is 1. The molecule has 3 aromatic heterocycles. The van der Waals surface area contributed by atoms with Crippen molar-refractivity contribution in [2.45, 2.75) is 0 Å². The zero-order chi connectivity index (χ0) is 32.2. The molecule has 0 aliphatic rings. The molecule has 0 amide bonds. The van der Waals surface area contributed by atoms with Gasteiger partial charge in [0.25, 0.3) is 0 Å². The van der Waals surface area contributed by atoms with Gasteiger partial charge in [0.15, 0.2) is 0 Å². The molecule has 10 aromatic rings. The van der Waals surface area contributed by atoms with Gasteiger partial charge in [-0.2, -0.15) is 0 Å². The summed E-state index contributed by atoms with van der Waals surface area (Å²) in [6.45, 7) is 0. The van der Waals surface area contributed by atoms with E-state index in [0.717, 1.165) is 21.9 Å². The number of nitrogens with one attached hydrogen (secondary N) is 1. The van der Waals surface area contributed by atoms with Gasteiger partial charge in [0.1, 0.15) is 5.75 Å². The van der Waals surface area contributed by atoms with Gasteiger partial charge < -0.3 is 20.0 Å². The van der Waals surface area contributed by atoms with Crippen LogP contribution in [-0.2, 0) is 21.1 Å². The van der Waals surface area contributed by atoms with E-state index in [1.807, 2.05) is 36.4 Å². The van der Waals surface area contributed by atoms with Crippen LogP contribution in [0.25, 0.3) is 85.9 Å². The van der Waals surface area contributed by atoms with Gasteiger partial charge in [-0.05, 0) is 64.9 Å². The van der Waals surface area contributed by atoms with Crippen molar-refractivity contribution in [2.24, 2.45) is 0 Å². The van der Waals surface area contributed by atoms with E-state index in [-0.39, 0.29) is 26.8 Å². The molecule has 2 N–H and O–H groups in total. The second-order valence-electron chi connectivity index (χ2n) is 11.9. The Hall–Kier alpha value is -5.35. The van der Waals surface area contributed by atoms with Crippen LogP contribution in [0.4, 0.5) is 5.69 Å². The Morgan fingerprint density at radius 2 is 1.24 bits per heavy atom. The number of aromatic amines is 1. The molecule has 10 rings (SSSR count). The molecule has 236 valence electrons. The fourth-order valence-corrected chi connectivity index (χ4v) is 8.42. The molecule has 3 heterocycles. The zero-order valence-corrected chi connectivity index (χ0v) is 30.3. The maximum atomic E-state index is 10.4. The number of aromatic hydroxyl groups is 1. The van der Waals surface area contributed by atoms with Crippen LogP contribution in [0.1, 0.15) is 0 Å². The van der Waals surface area contributed by atoms with Crippen molar-refractivity contribution >= 4 is 80.8 Å². The minimum atomic E-state index is 0. The Morgan fingerprint density at radius 1 is 0.592 bits per heavy atom. The molecule has 0 fully saturated rings. The summed E-state index contributed by atoms with van der Waals surface area (Å²) in [4.78, 5) is 3.57. The number of benzene rings is 7. The first-order valence-electron chi connectivity index (χ1n) is 16.0. The van der Waals surface area contributed by atoms with Gasteiger partial charge >= 0.3 is 0 Å². The predicted octanol–water partition coefficient (Wildman–Crippen LogP) is 12.5. The van der Waals surface area contributed by atoms with Crippen LogP contribution in [0.3, 0.4) is 0 Å². The van der Waals surface area contributed by atoms with Crippen LogP contribution in [0.5, 0.6) is 5.75 Å². The maximum Gasteiger partial charge on any atom is 0.102 e. The van der Waals surface area contributed by atoms with Crippen molar-refractivity contribution in [3.63, 3.8) is 0 Å². The van der Waals surface area contributed by atoms with E-state index in [9.17, 15) is 5.11 Å². The summed E-state index contributed by atoms with van der Waals surface area (Å²) in [5.41, 5.74) is 8.89. The van der Waals surface area contributed by atoms with E-state index in [2.05, 4.69) is 130 Å². The van der Waals surface area contributed by atoms with Crippen molar-refractivity contribution in [2.75, 3.05) is 7.05 Å². The third-order valence-corrected chi connectivity index (χ3v) is 10.4. The number of nitrogens with zero attached hydrogens (tertiary/aromatic N) is 2. The monoisotopic (exact) mass is 820 g/mol. The van der Waals surface area contributed by atoms with E-state index >= 15 is 0 Å². The molecular weight excluding hydrogens is 790 g/mol. The van der Waals surface area contributed by atoms with E-state index in [1.165, 1.54) is 58.7 Å². The first-order chi connectivity index (χ1) is 23.7. The van der Waals surface area contributed by atoms with Crippen molar-refractivity contribution in [3.8, 4) is 22.6 Å². The van der Waals surface area contributed by atoms with Gasteiger partial charge in [0.2, 0.25) is 0 Å². The molecule has 0 aliphatic heterocycles.